The zero-order chi connectivity index (χ0) is 12.1. The SMILES string of the molecule is C#CCNc1cc(Cl)cc(Br)c1OC(F)F. The van der Waals surface area contributed by atoms with Crippen LogP contribution in [0.4, 0.5) is 14.5 Å². The Kier molecular flexibility index (Phi) is 4.84. The normalized spacial score (nSPS) is 10.0. The van der Waals surface area contributed by atoms with Crippen LogP contribution in [-0.4, -0.2) is 13.2 Å². The van der Waals surface area contributed by atoms with Crippen LogP contribution in [0.3, 0.4) is 0 Å². The van der Waals surface area contributed by atoms with Gasteiger partial charge in [0.2, 0.25) is 0 Å². The third kappa shape index (κ3) is 3.54. The molecule has 0 saturated carbocycles. The van der Waals surface area contributed by atoms with Gasteiger partial charge in [-0.05, 0) is 28.1 Å². The molecule has 16 heavy (non-hydrogen) atoms. The maximum Gasteiger partial charge on any atom is 0.387 e. The molecule has 0 unspecified atom stereocenters. The molecule has 1 N–H and O–H groups in total. The van der Waals surface area contributed by atoms with Crippen LogP contribution in [0.2, 0.25) is 5.02 Å². The molecule has 2 nitrogen and oxygen atoms in total. The summed E-state index contributed by atoms with van der Waals surface area (Å²) in [6.07, 6.45) is 5.06. The Morgan fingerprint density at radius 2 is 2.25 bits per heavy atom. The molecule has 0 atom stereocenters. The van der Waals surface area contributed by atoms with E-state index >= 15 is 0 Å². The number of halogens is 4. The van der Waals surface area contributed by atoms with Gasteiger partial charge in [0, 0.05) is 5.02 Å². The Balaban J connectivity index is 3.06. The van der Waals surface area contributed by atoms with Gasteiger partial charge < -0.3 is 10.1 Å². The molecule has 86 valence electrons. The molecular weight excluding hydrogens is 303 g/mol. The molecule has 0 aliphatic carbocycles. The molecule has 0 aliphatic rings. The fourth-order valence-corrected chi connectivity index (χ4v) is 1.95. The lowest BCUT2D eigenvalue weighted by atomic mass is 10.3. The lowest BCUT2D eigenvalue weighted by Gasteiger charge is -2.13. The van der Waals surface area contributed by atoms with Crippen LogP contribution in [0.5, 0.6) is 5.75 Å². The Bertz CT molecular complexity index is 420. The van der Waals surface area contributed by atoms with Gasteiger partial charge in [-0.2, -0.15) is 8.78 Å². The molecule has 1 rings (SSSR count). The number of benzene rings is 1. The van der Waals surface area contributed by atoms with Crippen LogP contribution >= 0.6 is 27.5 Å². The van der Waals surface area contributed by atoms with Crippen molar-refractivity contribution in [2.24, 2.45) is 0 Å². The summed E-state index contributed by atoms with van der Waals surface area (Å²) < 4.78 is 29.0. The van der Waals surface area contributed by atoms with Crippen molar-refractivity contribution >= 4 is 33.2 Å². The minimum Gasteiger partial charge on any atom is -0.431 e. The molecule has 0 aliphatic heterocycles. The van der Waals surface area contributed by atoms with E-state index in [2.05, 4.69) is 31.9 Å². The van der Waals surface area contributed by atoms with Gasteiger partial charge >= 0.3 is 6.61 Å². The molecule has 0 heterocycles. The fourth-order valence-electron chi connectivity index (χ4n) is 1.05. The molecule has 1 aromatic carbocycles. The lowest BCUT2D eigenvalue weighted by molar-refractivity contribution is -0.0498. The van der Waals surface area contributed by atoms with Crippen molar-refractivity contribution in [3.05, 3.63) is 21.6 Å². The summed E-state index contributed by atoms with van der Waals surface area (Å²) in [5, 5.41) is 3.12. The van der Waals surface area contributed by atoms with Crippen molar-refractivity contribution in [3.8, 4) is 18.1 Å². The number of rotatable bonds is 4. The number of hydrogen-bond donors (Lipinski definition) is 1. The summed E-state index contributed by atoms with van der Waals surface area (Å²) >= 11 is 8.86. The summed E-state index contributed by atoms with van der Waals surface area (Å²) in [4.78, 5) is 0. The molecule has 0 amide bonds. The lowest BCUT2D eigenvalue weighted by Crippen LogP contribution is -2.07. The number of alkyl halides is 2. The third-order valence-electron chi connectivity index (χ3n) is 1.60. The molecule has 0 radical (unpaired) electrons. The highest BCUT2D eigenvalue weighted by molar-refractivity contribution is 9.10. The summed E-state index contributed by atoms with van der Waals surface area (Å²) in [6, 6.07) is 2.92. The first kappa shape index (κ1) is 13.1. The summed E-state index contributed by atoms with van der Waals surface area (Å²) in [5.74, 6) is 2.30. The van der Waals surface area contributed by atoms with Gasteiger partial charge in [-0.25, -0.2) is 0 Å². The van der Waals surface area contributed by atoms with Gasteiger partial charge in [0.1, 0.15) is 0 Å². The van der Waals surface area contributed by atoms with Crippen molar-refractivity contribution in [1.82, 2.24) is 0 Å². The maximum absolute atomic E-state index is 12.2. The van der Waals surface area contributed by atoms with E-state index in [4.69, 9.17) is 18.0 Å². The Labute approximate surface area is 105 Å². The minimum atomic E-state index is -2.91. The number of terminal acetylenes is 1. The molecule has 1 aromatic rings. The highest BCUT2D eigenvalue weighted by atomic mass is 79.9. The molecule has 0 fully saturated rings. The molecular formula is C10H7BrClF2NO. The van der Waals surface area contributed by atoms with Gasteiger partial charge in [0.15, 0.2) is 5.75 Å². The second-order valence-corrected chi connectivity index (χ2v) is 3.99. The summed E-state index contributed by atoms with van der Waals surface area (Å²) in [7, 11) is 0. The Morgan fingerprint density at radius 1 is 1.56 bits per heavy atom. The fraction of sp³-hybridized carbons (Fsp3) is 0.200. The third-order valence-corrected chi connectivity index (χ3v) is 2.40. The van der Waals surface area contributed by atoms with E-state index in [1.807, 2.05) is 0 Å². The van der Waals surface area contributed by atoms with Crippen molar-refractivity contribution < 1.29 is 13.5 Å². The van der Waals surface area contributed by atoms with Gasteiger partial charge in [-0.15, -0.1) is 6.42 Å². The topological polar surface area (TPSA) is 21.3 Å². The molecule has 0 bridgehead atoms. The van der Waals surface area contributed by atoms with Crippen LogP contribution in [0.25, 0.3) is 0 Å². The smallest absolute Gasteiger partial charge is 0.387 e. The van der Waals surface area contributed by atoms with Crippen molar-refractivity contribution in [3.63, 3.8) is 0 Å². The van der Waals surface area contributed by atoms with E-state index in [0.29, 0.717) is 15.2 Å². The monoisotopic (exact) mass is 309 g/mol. The van der Waals surface area contributed by atoms with E-state index in [0.717, 1.165) is 0 Å². The van der Waals surface area contributed by atoms with Crippen LogP contribution in [0.15, 0.2) is 16.6 Å². The van der Waals surface area contributed by atoms with Crippen LogP contribution in [0, 0.1) is 12.3 Å². The number of hydrogen-bond acceptors (Lipinski definition) is 2. The molecule has 6 heteroatoms. The predicted molar refractivity (Wildman–Crippen MR) is 63.1 cm³/mol. The highest BCUT2D eigenvalue weighted by Crippen LogP contribution is 2.37. The van der Waals surface area contributed by atoms with E-state index < -0.39 is 6.61 Å². The predicted octanol–water partition coefficient (Wildman–Crippen LogP) is 3.75. The second-order valence-electron chi connectivity index (χ2n) is 2.70. The highest BCUT2D eigenvalue weighted by Gasteiger charge is 2.14. The van der Waals surface area contributed by atoms with Gasteiger partial charge in [-0.1, -0.05) is 17.5 Å². The van der Waals surface area contributed by atoms with Crippen LogP contribution in [-0.2, 0) is 0 Å². The molecule has 0 spiro atoms. The zero-order valence-corrected chi connectivity index (χ0v) is 10.3. The van der Waals surface area contributed by atoms with E-state index in [1.54, 1.807) is 0 Å². The van der Waals surface area contributed by atoms with Gasteiger partial charge in [-0.3, -0.25) is 0 Å². The summed E-state index contributed by atoms with van der Waals surface area (Å²) in [5.41, 5.74) is 0.317. The van der Waals surface area contributed by atoms with E-state index in [1.165, 1.54) is 12.1 Å². The Hall–Kier alpha value is -0.990. The first-order chi connectivity index (χ1) is 7.54. The van der Waals surface area contributed by atoms with Crippen molar-refractivity contribution in [2.45, 2.75) is 6.61 Å². The minimum absolute atomic E-state index is 0.0188. The van der Waals surface area contributed by atoms with E-state index in [-0.39, 0.29) is 12.3 Å². The van der Waals surface area contributed by atoms with Crippen molar-refractivity contribution in [1.29, 1.82) is 0 Å². The quantitative estimate of drug-likeness (QED) is 0.855. The molecule has 0 saturated heterocycles. The standard InChI is InChI=1S/C10H7BrClF2NO/c1-2-3-15-8-5-6(12)4-7(11)9(8)16-10(13)14/h1,4-5,10,15H,3H2. The number of nitrogens with one attached hydrogen (secondary N) is 1. The van der Waals surface area contributed by atoms with Gasteiger partial charge in [0.25, 0.3) is 0 Å². The zero-order valence-electron chi connectivity index (χ0n) is 7.94. The average molecular weight is 311 g/mol. The Morgan fingerprint density at radius 3 is 2.81 bits per heavy atom. The number of ether oxygens (including phenoxy) is 1. The first-order valence-electron chi connectivity index (χ1n) is 4.15. The van der Waals surface area contributed by atoms with Crippen molar-refractivity contribution in [2.75, 3.05) is 11.9 Å². The number of anilines is 1. The first-order valence-corrected chi connectivity index (χ1v) is 5.33. The van der Waals surface area contributed by atoms with E-state index in [9.17, 15) is 8.78 Å². The summed E-state index contributed by atoms with van der Waals surface area (Å²) in [6.45, 7) is -2.73. The van der Waals surface area contributed by atoms with Crippen LogP contribution < -0.4 is 10.1 Å². The average Bonchev–Trinajstić information content (AvgIpc) is 2.19. The van der Waals surface area contributed by atoms with Crippen LogP contribution in [0.1, 0.15) is 0 Å². The maximum atomic E-state index is 12.2. The second kappa shape index (κ2) is 5.92. The van der Waals surface area contributed by atoms with Gasteiger partial charge in [0.05, 0.1) is 16.7 Å². The largest absolute Gasteiger partial charge is 0.431 e. The molecule has 0 aromatic heterocycles.